The first-order valence-corrected chi connectivity index (χ1v) is 21.1. The van der Waals surface area contributed by atoms with Gasteiger partial charge in [-0.2, -0.15) is 0 Å². The predicted octanol–water partition coefficient (Wildman–Crippen LogP) is 4.22. The van der Waals surface area contributed by atoms with Gasteiger partial charge in [-0.05, 0) is 97.3 Å². The molecule has 15 nitrogen and oxygen atoms in total. The van der Waals surface area contributed by atoms with Crippen LogP contribution in [0.3, 0.4) is 0 Å². The van der Waals surface area contributed by atoms with E-state index in [9.17, 15) is 29.1 Å². The first kappa shape index (κ1) is 47.0. The van der Waals surface area contributed by atoms with Crippen LogP contribution in [0.4, 0.5) is 0 Å². The number of aliphatic hydroxyl groups is 1. The van der Waals surface area contributed by atoms with Gasteiger partial charge in [0.05, 0.1) is 30.4 Å². The lowest BCUT2D eigenvalue weighted by Gasteiger charge is -2.47. The van der Waals surface area contributed by atoms with E-state index in [-0.39, 0.29) is 37.2 Å². The summed E-state index contributed by atoms with van der Waals surface area (Å²) < 4.78 is 36.4. The number of carbonyl (C=O) groups is 5. The number of aromatic nitrogens is 1. The molecule has 0 radical (unpaired) electrons. The molecule has 0 saturated carbocycles. The number of ether oxygens (including phenoxy) is 6. The molecule has 3 fully saturated rings. The Kier molecular flexibility index (Phi) is 14.8. The molecule has 60 heavy (non-hydrogen) atoms. The number of Topliss-reactive ketones (excluding diaryl/α,β-unsaturated/α-hetero) is 2. The van der Waals surface area contributed by atoms with E-state index in [1.165, 1.54) is 14.0 Å². The van der Waals surface area contributed by atoms with Crippen LogP contribution in [0.15, 0.2) is 30.5 Å². The molecular weight excluding hydrogens is 775 g/mol. The number of aryl methyl sites for hydroxylation is 1. The zero-order chi connectivity index (χ0) is 44.4. The molecule has 0 spiro atoms. The Hall–Kier alpha value is -4.02. The number of cyclic esters (lactones) is 1. The number of pyridine rings is 1. The predicted molar refractivity (Wildman–Crippen MR) is 221 cm³/mol. The molecule has 3 aliphatic rings. The Balaban J connectivity index is 1.47. The number of carbonyl (C=O) groups excluding carboxylic acids is 5. The molecule has 4 heterocycles. The average Bonchev–Trinajstić information content (AvgIpc) is 3.47. The van der Waals surface area contributed by atoms with Gasteiger partial charge in [-0.3, -0.25) is 24.2 Å². The second-order valence-electron chi connectivity index (χ2n) is 17.8. The van der Waals surface area contributed by atoms with Crippen LogP contribution in [0.25, 0.3) is 10.9 Å². The molecule has 2 aromatic rings. The Morgan fingerprint density at radius 1 is 1.00 bits per heavy atom. The van der Waals surface area contributed by atoms with Crippen molar-refractivity contribution in [1.82, 2.24) is 15.2 Å². The zero-order valence-corrected chi connectivity index (χ0v) is 37.2. The van der Waals surface area contributed by atoms with Gasteiger partial charge < -0.3 is 43.7 Å². The van der Waals surface area contributed by atoms with E-state index in [1.807, 2.05) is 50.2 Å². The second-order valence-corrected chi connectivity index (χ2v) is 17.8. The van der Waals surface area contributed by atoms with Crippen molar-refractivity contribution in [3.05, 3.63) is 36.0 Å². The van der Waals surface area contributed by atoms with Gasteiger partial charge in [0, 0.05) is 54.8 Å². The number of rotatable bonds is 10. The van der Waals surface area contributed by atoms with Crippen molar-refractivity contribution in [3.63, 3.8) is 0 Å². The number of fused-ring (bicyclic) bond motifs is 2. The third-order valence-electron chi connectivity index (χ3n) is 13.3. The summed E-state index contributed by atoms with van der Waals surface area (Å²) in [7, 11) is 6.75. The molecule has 15 heteroatoms. The lowest BCUT2D eigenvalue weighted by molar-refractivity contribution is -0.295. The van der Waals surface area contributed by atoms with Crippen LogP contribution in [-0.2, 0) is 54.1 Å². The quantitative estimate of drug-likeness (QED) is 0.256. The number of benzene rings is 1. The smallest absolute Gasteiger partial charge is 0.329 e. The fourth-order valence-electron chi connectivity index (χ4n) is 9.71. The van der Waals surface area contributed by atoms with E-state index in [2.05, 4.69) is 10.3 Å². The van der Waals surface area contributed by atoms with Crippen molar-refractivity contribution in [2.75, 3.05) is 28.3 Å². The van der Waals surface area contributed by atoms with E-state index in [0.29, 0.717) is 18.6 Å². The SMILES string of the molecule is CC[C@H]1OC(=O)[C@H](C)C(=O)[C@H](C)[C@@H](O[C@@H]2O[C@H](C)C[C@H](N(C)C)[C@H]2O)[C@](C)(OC)C[C@@H](C)C(=O)[C@H](C)[C@H]2C(NC(=O)CCc3cnc4ccc(OC)cc4c3)C(=O)O[C@@]21C. The van der Waals surface area contributed by atoms with E-state index < -0.39 is 95.1 Å². The van der Waals surface area contributed by atoms with Gasteiger partial charge in [0.25, 0.3) is 0 Å². The van der Waals surface area contributed by atoms with Crippen LogP contribution in [0.1, 0.15) is 86.6 Å². The number of ketones is 2. The van der Waals surface area contributed by atoms with E-state index >= 15 is 0 Å². The van der Waals surface area contributed by atoms with Crippen LogP contribution >= 0.6 is 0 Å². The highest BCUT2D eigenvalue weighted by molar-refractivity contribution is 6.00. The number of amides is 1. The minimum atomic E-state index is -1.56. The van der Waals surface area contributed by atoms with Gasteiger partial charge in [0.15, 0.2) is 17.7 Å². The van der Waals surface area contributed by atoms with Gasteiger partial charge >= 0.3 is 11.9 Å². The van der Waals surface area contributed by atoms with Crippen LogP contribution in [0, 0.1) is 29.6 Å². The summed E-state index contributed by atoms with van der Waals surface area (Å²) in [6.45, 7) is 13.5. The fraction of sp³-hybridized carbons (Fsp3) is 0.689. The second kappa shape index (κ2) is 18.9. The summed E-state index contributed by atoms with van der Waals surface area (Å²) in [5.74, 6) is -7.03. The van der Waals surface area contributed by atoms with Crippen molar-refractivity contribution >= 4 is 40.3 Å². The minimum absolute atomic E-state index is 0.00809. The van der Waals surface area contributed by atoms with Crippen molar-refractivity contribution in [3.8, 4) is 5.75 Å². The van der Waals surface area contributed by atoms with Gasteiger partial charge in [0.2, 0.25) is 5.91 Å². The summed E-state index contributed by atoms with van der Waals surface area (Å²) in [4.78, 5) is 77.0. The Morgan fingerprint density at radius 2 is 1.70 bits per heavy atom. The first-order valence-electron chi connectivity index (χ1n) is 21.1. The van der Waals surface area contributed by atoms with Crippen molar-refractivity contribution in [1.29, 1.82) is 0 Å². The van der Waals surface area contributed by atoms with E-state index in [1.54, 1.807) is 54.8 Å². The monoisotopic (exact) mass is 839 g/mol. The number of methoxy groups -OCH3 is 2. The lowest BCUT2D eigenvalue weighted by Crippen LogP contribution is -2.59. The highest BCUT2D eigenvalue weighted by Gasteiger charge is 2.62. The van der Waals surface area contributed by atoms with Crippen LogP contribution < -0.4 is 10.1 Å². The van der Waals surface area contributed by atoms with Crippen molar-refractivity contribution in [2.45, 2.75) is 141 Å². The first-order chi connectivity index (χ1) is 28.2. The maximum atomic E-state index is 14.7. The molecular formula is C45H65N3O12. The molecule has 0 bridgehead atoms. The molecule has 14 atom stereocenters. The van der Waals surface area contributed by atoms with Crippen LogP contribution in [-0.4, -0.2) is 127 Å². The van der Waals surface area contributed by atoms with Gasteiger partial charge in [0.1, 0.15) is 35.7 Å². The summed E-state index contributed by atoms with van der Waals surface area (Å²) in [6.07, 6.45) is -1.90. The van der Waals surface area contributed by atoms with E-state index in [0.717, 1.165) is 16.5 Å². The highest BCUT2D eigenvalue weighted by Crippen LogP contribution is 2.45. The third kappa shape index (κ3) is 9.55. The largest absolute Gasteiger partial charge is 0.497 e. The Labute approximate surface area is 353 Å². The number of nitrogens with zero attached hydrogens (tertiary/aromatic N) is 2. The summed E-state index contributed by atoms with van der Waals surface area (Å²) in [5.41, 5.74) is -1.31. The fourth-order valence-corrected chi connectivity index (χ4v) is 9.71. The highest BCUT2D eigenvalue weighted by atomic mass is 16.7. The average molecular weight is 840 g/mol. The number of hydrogen-bond acceptors (Lipinski definition) is 14. The molecule has 1 aromatic carbocycles. The normalized spacial score (nSPS) is 37.0. The summed E-state index contributed by atoms with van der Waals surface area (Å²) in [6, 6.07) is 5.90. The lowest BCUT2D eigenvalue weighted by atomic mass is 9.69. The summed E-state index contributed by atoms with van der Waals surface area (Å²) >= 11 is 0. The number of likely N-dealkylation sites (N-methyl/N-ethyl adjacent to an activating group) is 1. The molecule has 1 amide bonds. The summed E-state index contributed by atoms with van der Waals surface area (Å²) in [5, 5.41) is 15.2. The van der Waals surface area contributed by atoms with Gasteiger partial charge in [-0.1, -0.05) is 27.7 Å². The molecule has 332 valence electrons. The molecule has 5 rings (SSSR count). The van der Waals surface area contributed by atoms with Gasteiger partial charge in [-0.15, -0.1) is 0 Å². The number of hydrogen-bond donors (Lipinski definition) is 2. The minimum Gasteiger partial charge on any atom is -0.497 e. The zero-order valence-electron chi connectivity index (χ0n) is 37.2. The molecule has 3 aliphatic heterocycles. The molecule has 1 aromatic heterocycles. The van der Waals surface area contributed by atoms with Crippen LogP contribution in [0.2, 0.25) is 0 Å². The molecule has 0 aliphatic carbocycles. The van der Waals surface area contributed by atoms with E-state index in [4.69, 9.17) is 28.4 Å². The molecule has 3 saturated heterocycles. The Bertz CT molecular complexity index is 1910. The number of nitrogens with one attached hydrogen (secondary N) is 1. The van der Waals surface area contributed by atoms with Crippen LogP contribution in [0.5, 0.6) is 5.75 Å². The standard InChI is InChI=1S/C45H65N3O12/c1-13-33-45(8)35(36(42(54)60-45)47-34(49)17-14-28-19-29-20-30(55-11)15-16-31(29)46-22-28)25(4)37(50)23(2)21-44(7,56-12)40(26(5)38(51)27(6)41(53)58-33)59-43-39(52)32(48(9)10)18-24(3)57-43/h15-16,19-20,22-27,32-33,35-36,39-40,43,52H,13-14,17-18,21H2,1-12H3,(H,47,49)/t23-,24-,25-,26+,27-,32+,33-,35+,36?,39-,40-,43+,44-,45-/m1/s1. The molecule has 1 unspecified atom stereocenters. The Morgan fingerprint density at radius 3 is 2.33 bits per heavy atom. The maximum absolute atomic E-state index is 14.7. The van der Waals surface area contributed by atoms with Gasteiger partial charge in [-0.25, -0.2) is 4.79 Å². The third-order valence-corrected chi connectivity index (χ3v) is 13.3. The molecule has 2 N–H and O–H groups in total. The topological polar surface area (TPSA) is 189 Å². The number of esters is 2. The van der Waals surface area contributed by atoms with Crippen molar-refractivity contribution < 1.29 is 57.5 Å². The maximum Gasteiger partial charge on any atom is 0.329 e. The number of aliphatic hydroxyl groups excluding tert-OH is 1. The van der Waals surface area contributed by atoms with Crippen molar-refractivity contribution in [2.24, 2.45) is 29.6 Å².